The van der Waals surface area contributed by atoms with Gasteiger partial charge in [0.15, 0.2) is 0 Å². The number of carbonyl (C=O) groups excluding carboxylic acids is 1. The molecule has 7 nitrogen and oxygen atoms in total. The van der Waals surface area contributed by atoms with Crippen LogP contribution in [0, 0.1) is 17.8 Å². The predicted octanol–water partition coefficient (Wildman–Crippen LogP) is 3.64. The lowest BCUT2D eigenvalue weighted by Gasteiger charge is -2.47. The Balaban J connectivity index is 1.26. The van der Waals surface area contributed by atoms with Crippen LogP contribution in [0.1, 0.15) is 63.5 Å². The third-order valence-corrected chi connectivity index (χ3v) is 9.09. The summed E-state index contributed by atoms with van der Waals surface area (Å²) in [7, 11) is 0. The second-order valence-electron chi connectivity index (χ2n) is 11.2. The summed E-state index contributed by atoms with van der Waals surface area (Å²) in [4.78, 5) is 21.0. The summed E-state index contributed by atoms with van der Waals surface area (Å²) in [5, 5.41) is 15.3. The van der Waals surface area contributed by atoms with Gasteiger partial charge < -0.3 is 26.0 Å². The molecule has 2 fully saturated rings. The van der Waals surface area contributed by atoms with Crippen molar-refractivity contribution in [2.24, 2.45) is 28.5 Å². The number of benzene rings is 1. The number of nitrogens with two attached hydrogens (primary N) is 1. The molecule has 0 radical (unpaired) electrons. The number of allylic oxidation sites excluding steroid dienone is 2. The van der Waals surface area contributed by atoms with E-state index in [4.69, 9.17) is 5.73 Å². The molecule has 2 bridgehead atoms. The van der Waals surface area contributed by atoms with Gasteiger partial charge in [0.1, 0.15) is 17.7 Å². The SMILES string of the molecule is CCC(=O)N1CCCC(C2NC(c3ccc(C(C)(O)C4CC=C5CC4C5)cc3)=C3C(N)=NC=CN32)C1. The second-order valence-corrected chi connectivity index (χ2v) is 11.2. The van der Waals surface area contributed by atoms with Gasteiger partial charge in [-0.05, 0) is 62.0 Å². The molecule has 0 spiro atoms. The number of likely N-dealkylation sites (tertiary alicyclic amines) is 1. The summed E-state index contributed by atoms with van der Waals surface area (Å²) < 4.78 is 0. The molecule has 1 saturated carbocycles. The van der Waals surface area contributed by atoms with Crippen molar-refractivity contribution in [3.63, 3.8) is 0 Å². The van der Waals surface area contributed by atoms with E-state index in [9.17, 15) is 9.90 Å². The Morgan fingerprint density at radius 3 is 2.72 bits per heavy atom. The number of amidine groups is 1. The molecule has 4 unspecified atom stereocenters. The lowest BCUT2D eigenvalue weighted by atomic mass is 9.60. The van der Waals surface area contributed by atoms with Crippen LogP contribution in [-0.2, 0) is 10.4 Å². The number of hydrogen-bond donors (Lipinski definition) is 3. The van der Waals surface area contributed by atoms with Gasteiger partial charge in [-0.15, -0.1) is 0 Å². The van der Waals surface area contributed by atoms with E-state index in [0.717, 1.165) is 67.7 Å². The van der Waals surface area contributed by atoms with Crippen LogP contribution in [0.25, 0.3) is 5.70 Å². The molecule has 1 amide bonds. The maximum atomic E-state index is 12.4. The number of nitrogens with one attached hydrogen (secondary N) is 1. The van der Waals surface area contributed by atoms with Crippen LogP contribution in [0.5, 0.6) is 0 Å². The average molecular weight is 488 g/mol. The summed E-state index contributed by atoms with van der Waals surface area (Å²) >= 11 is 0. The number of hydrogen-bond acceptors (Lipinski definition) is 6. The van der Waals surface area contributed by atoms with E-state index in [0.29, 0.717) is 18.2 Å². The van der Waals surface area contributed by atoms with Gasteiger partial charge >= 0.3 is 0 Å². The Morgan fingerprint density at radius 2 is 2.03 bits per heavy atom. The van der Waals surface area contributed by atoms with Crippen LogP contribution in [-0.4, -0.2) is 45.9 Å². The number of carbonyl (C=O) groups is 1. The lowest BCUT2D eigenvalue weighted by Crippen LogP contribution is -2.50. The zero-order chi connectivity index (χ0) is 25.0. The molecule has 3 heterocycles. The van der Waals surface area contributed by atoms with Crippen molar-refractivity contribution in [3.05, 3.63) is 65.1 Å². The van der Waals surface area contributed by atoms with E-state index in [1.54, 1.807) is 11.8 Å². The number of aliphatic imine (C=N–C) groups is 1. The normalized spacial score (nSPS) is 30.6. The molecule has 7 rings (SSSR count). The molecule has 1 saturated heterocycles. The Bertz CT molecular complexity index is 1170. The summed E-state index contributed by atoms with van der Waals surface area (Å²) in [6.07, 6.45) is 11.9. The van der Waals surface area contributed by atoms with Crippen molar-refractivity contribution in [2.45, 2.75) is 64.1 Å². The maximum absolute atomic E-state index is 12.4. The lowest BCUT2D eigenvalue weighted by molar-refractivity contribution is -0.133. The number of rotatable bonds is 5. The summed E-state index contributed by atoms with van der Waals surface area (Å²) in [6, 6.07) is 8.30. The summed E-state index contributed by atoms with van der Waals surface area (Å²) in [6.45, 7) is 5.48. The van der Waals surface area contributed by atoms with Crippen LogP contribution >= 0.6 is 0 Å². The molecule has 7 heteroatoms. The summed E-state index contributed by atoms with van der Waals surface area (Å²) in [5.74, 6) is 1.85. The monoisotopic (exact) mass is 487 g/mol. The largest absolute Gasteiger partial charge is 0.385 e. The van der Waals surface area contributed by atoms with Crippen LogP contribution in [0.4, 0.5) is 0 Å². The van der Waals surface area contributed by atoms with E-state index in [1.165, 1.54) is 0 Å². The number of aliphatic hydroxyl groups is 1. The van der Waals surface area contributed by atoms with Crippen LogP contribution < -0.4 is 11.1 Å². The van der Waals surface area contributed by atoms with E-state index in [1.807, 2.05) is 24.9 Å². The average Bonchev–Trinajstić information content (AvgIpc) is 3.29. The van der Waals surface area contributed by atoms with Gasteiger partial charge in [-0.3, -0.25) is 4.79 Å². The number of fused-ring (bicyclic) bond motifs is 3. The molecule has 190 valence electrons. The minimum atomic E-state index is -0.855. The van der Waals surface area contributed by atoms with Gasteiger partial charge in [0.05, 0.1) is 11.3 Å². The fourth-order valence-electron chi connectivity index (χ4n) is 6.94. The third kappa shape index (κ3) is 3.76. The Morgan fingerprint density at radius 1 is 1.25 bits per heavy atom. The molecule has 1 aromatic rings. The first kappa shape index (κ1) is 23.3. The molecule has 1 aromatic carbocycles. The second kappa shape index (κ2) is 8.80. The van der Waals surface area contributed by atoms with Gasteiger partial charge in [-0.1, -0.05) is 42.8 Å². The van der Waals surface area contributed by atoms with E-state index in [2.05, 4.69) is 45.6 Å². The van der Waals surface area contributed by atoms with Crippen molar-refractivity contribution in [1.29, 1.82) is 0 Å². The first-order chi connectivity index (χ1) is 17.4. The van der Waals surface area contributed by atoms with Gasteiger partial charge in [-0.2, -0.15) is 0 Å². The fraction of sp³-hybridized carbons (Fsp3) is 0.517. The van der Waals surface area contributed by atoms with Gasteiger partial charge in [-0.25, -0.2) is 4.99 Å². The number of piperidine rings is 1. The number of nitrogens with zero attached hydrogens (tertiary/aromatic N) is 3. The van der Waals surface area contributed by atoms with Gasteiger partial charge in [0.25, 0.3) is 0 Å². The van der Waals surface area contributed by atoms with Crippen LogP contribution in [0.3, 0.4) is 0 Å². The van der Waals surface area contributed by atoms with Crippen molar-refractivity contribution in [2.75, 3.05) is 13.1 Å². The topological polar surface area (TPSA) is 94.2 Å². The summed E-state index contributed by atoms with van der Waals surface area (Å²) in [5.41, 5.74) is 10.9. The van der Waals surface area contributed by atoms with Crippen molar-refractivity contribution in [1.82, 2.24) is 15.1 Å². The fourth-order valence-corrected chi connectivity index (χ4v) is 6.94. The van der Waals surface area contributed by atoms with Crippen molar-refractivity contribution in [3.8, 4) is 0 Å². The smallest absolute Gasteiger partial charge is 0.222 e. The third-order valence-electron chi connectivity index (χ3n) is 9.09. The highest BCUT2D eigenvalue weighted by Gasteiger charge is 2.45. The first-order valence-electron chi connectivity index (χ1n) is 13.4. The molecule has 36 heavy (non-hydrogen) atoms. The molecule has 3 aliphatic carbocycles. The zero-order valence-electron chi connectivity index (χ0n) is 21.3. The molecule has 0 aromatic heterocycles. The number of amides is 1. The molecular weight excluding hydrogens is 450 g/mol. The Labute approximate surface area is 213 Å². The van der Waals surface area contributed by atoms with E-state index < -0.39 is 5.60 Å². The highest BCUT2D eigenvalue weighted by Crippen LogP contribution is 2.51. The molecule has 3 aliphatic heterocycles. The zero-order valence-corrected chi connectivity index (χ0v) is 21.3. The van der Waals surface area contributed by atoms with Crippen LogP contribution in [0.15, 0.2) is 59.0 Å². The minimum Gasteiger partial charge on any atom is -0.385 e. The van der Waals surface area contributed by atoms with E-state index >= 15 is 0 Å². The van der Waals surface area contributed by atoms with Gasteiger partial charge in [0, 0.05) is 37.8 Å². The highest BCUT2D eigenvalue weighted by molar-refractivity contribution is 6.05. The van der Waals surface area contributed by atoms with Gasteiger partial charge in [0.2, 0.25) is 5.91 Å². The Kier molecular flexibility index (Phi) is 5.71. The Hall–Kier alpha value is -3.06. The first-order valence-corrected chi connectivity index (χ1v) is 13.4. The molecular formula is C29H37N5O2. The van der Waals surface area contributed by atoms with Crippen molar-refractivity contribution < 1.29 is 9.90 Å². The molecule has 4 N–H and O–H groups in total. The maximum Gasteiger partial charge on any atom is 0.222 e. The minimum absolute atomic E-state index is 0.0115. The van der Waals surface area contributed by atoms with Crippen LogP contribution in [0.2, 0.25) is 0 Å². The predicted molar refractivity (Wildman–Crippen MR) is 141 cm³/mol. The standard InChI is InChI=1S/C29H37N5O2/c1-3-24(35)33-13-4-5-20(17-33)28-32-25(26-27(30)31-12-14-34(26)28)19-7-9-22(10-8-19)29(2,36)23-11-6-18-15-21(23)16-18/h6-10,12,14,20-21,23,28,32,36H,3-5,11,13,15-17H2,1-2H3,(H2,30,31). The molecule has 4 atom stereocenters. The quantitative estimate of drug-likeness (QED) is 0.552. The van der Waals surface area contributed by atoms with E-state index in [-0.39, 0.29) is 23.9 Å². The highest BCUT2D eigenvalue weighted by atomic mass is 16.3. The van der Waals surface area contributed by atoms with Crippen molar-refractivity contribution >= 4 is 17.4 Å². The molecule has 6 aliphatic rings.